The molecule has 0 amide bonds. The van der Waals surface area contributed by atoms with Gasteiger partial charge in [-0.05, 0) is 48.4 Å². The van der Waals surface area contributed by atoms with Gasteiger partial charge in [-0.3, -0.25) is 4.90 Å². The van der Waals surface area contributed by atoms with E-state index in [0.29, 0.717) is 10.8 Å². The standard InChI is InChI=1S/C20H23ClFNO2/c1-15-14-18(22)6-7-19(15)25-20(16-2-4-17(21)5-3-16)8-9-23-10-12-24-13-11-23/h2-7,14,20H,8-13H2,1H3. The second-order valence-electron chi connectivity index (χ2n) is 6.31. The lowest BCUT2D eigenvalue weighted by Gasteiger charge is -2.29. The molecule has 0 spiro atoms. The average Bonchev–Trinajstić information content (AvgIpc) is 2.62. The van der Waals surface area contributed by atoms with Crippen molar-refractivity contribution in [1.82, 2.24) is 4.90 Å². The van der Waals surface area contributed by atoms with E-state index in [2.05, 4.69) is 4.90 Å². The van der Waals surface area contributed by atoms with Gasteiger partial charge in [0.05, 0.1) is 13.2 Å². The van der Waals surface area contributed by atoms with Crippen molar-refractivity contribution in [3.05, 3.63) is 64.4 Å². The van der Waals surface area contributed by atoms with Gasteiger partial charge in [-0.15, -0.1) is 0 Å². The van der Waals surface area contributed by atoms with Crippen molar-refractivity contribution in [3.63, 3.8) is 0 Å². The lowest BCUT2D eigenvalue weighted by atomic mass is 10.1. The van der Waals surface area contributed by atoms with Crippen LogP contribution in [0.1, 0.15) is 23.7 Å². The van der Waals surface area contributed by atoms with E-state index in [-0.39, 0.29) is 11.9 Å². The molecule has 2 aromatic carbocycles. The summed E-state index contributed by atoms with van der Waals surface area (Å²) in [5.74, 6) is 0.463. The van der Waals surface area contributed by atoms with Crippen LogP contribution in [0.3, 0.4) is 0 Å². The molecule has 5 heteroatoms. The van der Waals surface area contributed by atoms with Crippen molar-refractivity contribution in [3.8, 4) is 5.75 Å². The first-order chi connectivity index (χ1) is 12.1. The SMILES string of the molecule is Cc1cc(F)ccc1OC(CCN1CCOCC1)c1ccc(Cl)cc1. The third-order valence-electron chi connectivity index (χ3n) is 4.46. The number of aryl methyl sites for hydroxylation is 1. The number of halogens is 2. The molecule has 1 heterocycles. The highest BCUT2D eigenvalue weighted by Crippen LogP contribution is 2.29. The maximum atomic E-state index is 13.4. The van der Waals surface area contributed by atoms with Crippen LogP contribution in [0.5, 0.6) is 5.75 Å². The van der Waals surface area contributed by atoms with E-state index in [0.717, 1.165) is 50.4 Å². The van der Waals surface area contributed by atoms with Crippen molar-refractivity contribution < 1.29 is 13.9 Å². The van der Waals surface area contributed by atoms with E-state index in [1.807, 2.05) is 31.2 Å². The fraction of sp³-hybridized carbons (Fsp3) is 0.400. The summed E-state index contributed by atoms with van der Waals surface area (Å²) in [6, 6.07) is 12.4. The Bertz CT molecular complexity index is 687. The molecule has 0 bridgehead atoms. The number of benzene rings is 2. The second-order valence-corrected chi connectivity index (χ2v) is 6.75. The fourth-order valence-electron chi connectivity index (χ4n) is 2.99. The Hall–Kier alpha value is -1.62. The Morgan fingerprint density at radius 1 is 1.16 bits per heavy atom. The minimum absolute atomic E-state index is 0.107. The van der Waals surface area contributed by atoms with E-state index < -0.39 is 0 Å². The first-order valence-corrected chi connectivity index (χ1v) is 8.98. The number of hydrogen-bond acceptors (Lipinski definition) is 3. The molecule has 0 radical (unpaired) electrons. The number of nitrogens with zero attached hydrogens (tertiary/aromatic N) is 1. The molecule has 1 fully saturated rings. The lowest BCUT2D eigenvalue weighted by molar-refractivity contribution is 0.0317. The molecule has 0 aliphatic carbocycles. The van der Waals surface area contributed by atoms with Crippen LogP contribution in [0.2, 0.25) is 5.02 Å². The number of rotatable bonds is 6. The van der Waals surface area contributed by atoms with Crippen molar-refractivity contribution >= 4 is 11.6 Å². The van der Waals surface area contributed by atoms with Crippen LogP contribution in [0.4, 0.5) is 4.39 Å². The predicted molar refractivity (Wildman–Crippen MR) is 97.8 cm³/mol. The number of hydrogen-bond donors (Lipinski definition) is 0. The van der Waals surface area contributed by atoms with E-state index in [1.165, 1.54) is 12.1 Å². The summed E-state index contributed by atoms with van der Waals surface area (Å²) in [4.78, 5) is 2.38. The van der Waals surface area contributed by atoms with Crippen LogP contribution in [-0.2, 0) is 4.74 Å². The van der Waals surface area contributed by atoms with Gasteiger partial charge in [-0.1, -0.05) is 23.7 Å². The van der Waals surface area contributed by atoms with Gasteiger partial charge in [0.1, 0.15) is 17.7 Å². The molecule has 25 heavy (non-hydrogen) atoms. The molecule has 1 aliphatic rings. The molecule has 3 rings (SSSR count). The molecule has 3 nitrogen and oxygen atoms in total. The normalized spacial score (nSPS) is 16.6. The summed E-state index contributed by atoms with van der Waals surface area (Å²) in [5.41, 5.74) is 1.87. The summed E-state index contributed by atoms with van der Waals surface area (Å²) < 4.78 is 25.0. The van der Waals surface area contributed by atoms with Crippen LogP contribution in [0, 0.1) is 12.7 Å². The molecule has 2 aromatic rings. The highest BCUT2D eigenvalue weighted by Gasteiger charge is 2.18. The summed E-state index contributed by atoms with van der Waals surface area (Å²) in [6.45, 7) is 6.25. The van der Waals surface area contributed by atoms with Crippen molar-refractivity contribution in [2.45, 2.75) is 19.4 Å². The lowest BCUT2D eigenvalue weighted by Crippen LogP contribution is -2.37. The van der Waals surface area contributed by atoms with E-state index >= 15 is 0 Å². The fourth-order valence-corrected chi connectivity index (χ4v) is 3.12. The Balaban J connectivity index is 1.74. The van der Waals surface area contributed by atoms with Gasteiger partial charge in [-0.25, -0.2) is 4.39 Å². The second kappa shape index (κ2) is 8.65. The number of morpholine rings is 1. The zero-order chi connectivity index (χ0) is 17.6. The van der Waals surface area contributed by atoms with Crippen molar-refractivity contribution in [1.29, 1.82) is 0 Å². The molecule has 1 aliphatic heterocycles. The third-order valence-corrected chi connectivity index (χ3v) is 4.71. The highest BCUT2D eigenvalue weighted by atomic mass is 35.5. The van der Waals surface area contributed by atoms with Crippen LogP contribution >= 0.6 is 11.6 Å². The zero-order valence-corrected chi connectivity index (χ0v) is 15.1. The molecule has 0 saturated carbocycles. The van der Waals surface area contributed by atoms with Crippen molar-refractivity contribution in [2.24, 2.45) is 0 Å². The Morgan fingerprint density at radius 3 is 2.56 bits per heavy atom. The van der Waals surface area contributed by atoms with Gasteiger partial charge in [-0.2, -0.15) is 0 Å². The molecule has 1 saturated heterocycles. The summed E-state index contributed by atoms with van der Waals surface area (Å²) >= 11 is 6.01. The number of ether oxygens (including phenoxy) is 2. The largest absolute Gasteiger partial charge is 0.485 e. The molecule has 1 unspecified atom stereocenters. The molecule has 0 N–H and O–H groups in total. The van der Waals surface area contributed by atoms with Gasteiger partial charge in [0.15, 0.2) is 0 Å². The minimum atomic E-state index is -0.249. The topological polar surface area (TPSA) is 21.7 Å². The Morgan fingerprint density at radius 2 is 1.88 bits per heavy atom. The van der Waals surface area contributed by atoms with Crippen LogP contribution in [0.15, 0.2) is 42.5 Å². The summed E-state index contributed by atoms with van der Waals surface area (Å²) in [6.07, 6.45) is 0.739. The quantitative estimate of drug-likeness (QED) is 0.746. The minimum Gasteiger partial charge on any atom is -0.485 e. The predicted octanol–water partition coefficient (Wildman–Crippen LogP) is 4.63. The van der Waals surface area contributed by atoms with Crippen LogP contribution in [-0.4, -0.2) is 37.7 Å². The summed E-state index contributed by atoms with van der Waals surface area (Å²) in [5, 5.41) is 0.702. The first kappa shape index (κ1) is 18.2. The Kier molecular flexibility index (Phi) is 6.29. The molecule has 1 atom stereocenters. The maximum Gasteiger partial charge on any atom is 0.125 e. The first-order valence-electron chi connectivity index (χ1n) is 8.60. The van der Waals surface area contributed by atoms with Crippen LogP contribution < -0.4 is 4.74 Å². The van der Waals surface area contributed by atoms with Crippen molar-refractivity contribution in [2.75, 3.05) is 32.8 Å². The monoisotopic (exact) mass is 363 g/mol. The molecule has 0 aromatic heterocycles. The van der Waals surface area contributed by atoms with E-state index in [1.54, 1.807) is 6.07 Å². The van der Waals surface area contributed by atoms with Gasteiger partial charge in [0, 0.05) is 31.1 Å². The smallest absolute Gasteiger partial charge is 0.125 e. The third kappa shape index (κ3) is 5.18. The molecule has 134 valence electrons. The van der Waals surface area contributed by atoms with Gasteiger partial charge in [0.2, 0.25) is 0 Å². The van der Waals surface area contributed by atoms with Crippen LogP contribution in [0.25, 0.3) is 0 Å². The Labute approximate surface area is 153 Å². The molecular formula is C20H23ClFNO2. The summed E-state index contributed by atoms with van der Waals surface area (Å²) in [7, 11) is 0. The van der Waals surface area contributed by atoms with Gasteiger partial charge < -0.3 is 9.47 Å². The van der Waals surface area contributed by atoms with Gasteiger partial charge >= 0.3 is 0 Å². The highest BCUT2D eigenvalue weighted by molar-refractivity contribution is 6.30. The van der Waals surface area contributed by atoms with E-state index in [4.69, 9.17) is 21.1 Å². The molecular weight excluding hydrogens is 341 g/mol. The zero-order valence-electron chi connectivity index (χ0n) is 14.4. The van der Waals surface area contributed by atoms with Gasteiger partial charge in [0.25, 0.3) is 0 Å². The average molecular weight is 364 g/mol. The maximum absolute atomic E-state index is 13.4. The van der Waals surface area contributed by atoms with E-state index in [9.17, 15) is 4.39 Å².